The van der Waals surface area contributed by atoms with E-state index in [1.165, 1.54) is 32.1 Å². The molecule has 0 fully saturated rings. The van der Waals surface area contributed by atoms with E-state index in [4.69, 9.17) is 0 Å². The van der Waals surface area contributed by atoms with Crippen LogP contribution in [-0.4, -0.2) is 6.26 Å². The molecule has 0 heterocycles. The number of rotatable bonds is 6. The second-order valence-electron chi connectivity index (χ2n) is 2.46. The summed E-state index contributed by atoms with van der Waals surface area (Å²) in [6.45, 7) is 2.25. The van der Waals surface area contributed by atoms with Crippen LogP contribution in [0, 0.1) is 0 Å². The van der Waals surface area contributed by atoms with Crippen molar-refractivity contribution in [3.8, 4) is 0 Å². The molecule has 0 aliphatic carbocycles. The standard InChI is InChI=1S/C9H18S/c1-3-4-5-6-7-8-9-10-2/h8-9H,3-7H2,1-2H3/b9-8+. The Labute approximate surface area is 69.1 Å². The monoisotopic (exact) mass is 158 g/mol. The first-order valence-corrected chi connectivity index (χ1v) is 5.38. The number of allylic oxidation sites excluding steroid dienone is 1. The van der Waals surface area contributed by atoms with Gasteiger partial charge in [-0.05, 0) is 24.5 Å². The Morgan fingerprint density at radius 3 is 2.60 bits per heavy atom. The molecule has 0 unspecified atom stereocenters. The van der Waals surface area contributed by atoms with Gasteiger partial charge in [-0.15, -0.1) is 11.8 Å². The van der Waals surface area contributed by atoms with E-state index in [9.17, 15) is 0 Å². The van der Waals surface area contributed by atoms with Crippen LogP contribution in [0.25, 0.3) is 0 Å². The van der Waals surface area contributed by atoms with E-state index in [0.717, 1.165) is 0 Å². The van der Waals surface area contributed by atoms with Crippen molar-refractivity contribution in [2.24, 2.45) is 0 Å². The highest BCUT2D eigenvalue weighted by molar-refractivity contribution is 8.01. The first-order chi connectivity index (χ1) is 4.91. The molecule has 0 aliphatic heterocycles. The molecule has 0 rings (SSSR count). The summed E-state index contributed by atoms with van der Waals surface area (Å²) in [6.07, 6.45) is 11.1. The fourth-order valence-electron chi connectivity index (χ4n) is 0.853. The lowest BCUT2D eigenvalue weighted by Crippen LogP contribution is -1.72. The molecule has 0 N–H and O–H groups in total. The summed E-state index contributed by atoms with van der Waals surface area (Å²) in [5.41, 5.74) is 0. The molecule has 0 nitrogen and oxygen atoms in total. The fraction of sp³-hybridized carbons (Fsp3) is 0.778. The third kappa shape index (κ3) is 8.09. The van der Waals surface area contributed by atoms with Gasteiger partial charge >= 0.3 is 0 Å². The van der Waals surface area contributed by atoms with Crippen LogP contribution >= 0.6 is 11.8 Å². The van der Waals surface area contributed by atoms with Crippen molar-refractivity contribution < 1.29 is 0 Å². The van der Waals surface area contributed by atoms with E-state index in [-0.39, 0.29) is 0 Å². The molecule has 0 aromatic carbocycles. The molecule has 60 valence electrons. The van der Waals surface area contributed by atoms with Crippen molar-refractivity contribution >= 4 is 11.8 Å². The molecule has 0 atom stereocenters. The summed E-state index contributed by atoms with van der Waals surface area (Å²) in [4.78, 5) is 0. The quantitative estimate of drug-likeness (QED) is 0.529. The Hall–Kier alpha value is 0.0900. The average molecular weight is 158 g/mol. The van der Waals surface area contributed by atoms with Crippen LogP contribution < -0.4 is 0 Å². The first-order valence-electron chi connectivity index (χ1n) is 4.09. The summed E-state index contributed by atoms with van der Waals surface area (Å²) < 4.78 is 0. The van der Waals surface area contributed by atoms with Gasteiger partial charge in [-0.1, -0.05) is 32.3 Å². The van der Waals surface area contributed by atoms with Crippen LogP contribution in [0.2, 0.25) is 0 Å². The van der Waals surface area contributed by atoms with Crippen molar-refractivity contribution in [2.45, 2.75) is 39.0 Å². The average Bonchev–Trinajstić information content (AvgIpc) is 1.97. The highest BCUT2D eigenvalue weighted by Gasteiger charge is 1.82. The lowest BCUT2D eigenvalue weighted by Gasteiger charge is -1.92. The first kappa shape index (κ1) is 10.1. The molecule has 0 saturated heterocycles. The maximum Gasteiger partial charge on any atom is -0.0142 e. The topological polar surface area (TPSA) is 0 Å². The minimum Gasteiger partial charge on any atom is -0.138 e. The lowest BCUT2D eigenvalue weighted by molar-refractivity contribution is 0.675. The van der Waals surface area contributed by atoms with E-state index in [1.807, 2.05) is 0 Å². The maximum absolute atomic E-state index is 2.26. The molecule has 0 spiro atoms. The van der Waals surface area contributed by atoms with Gasteiger partial charge in [0.2, 0.25) is 0 Å². The van der Waals surface area contributed by atoms with Crippen LogP contribution in [0.5, 0.6) is 0 Å². The van der Waals surface area contributed by atoms with Crippen molar-refractivity contribution in [3.05, 3.63) is 11.5 Å². The molecule has 0 aromatic heterocycles. The van der Waals surface area contributed by atoms with Crippen molar-refractivity contribution in [3.63, 3.8) is 0 Å². The molecule has 0 radical (unpaired) electrons. The minimum atomic E-state index is 1.26. The van der Waals surface area contributed by atoms with Gasteiger partial charge in [-0.2, -0.15) is 0 Å². The Balaban J connectivity index is 2.83. The predicted molar refractivity (Wildman–Crippen MR) is 51.4 cm³/mol. The van der Waals surface area contributed by atoms with Crippen LogP contribution in [0.4, 0.5) is 0 Å². The predicted octanol–water partition coefficient (Wildman–Crippen LogP) is 3.83. The van der Waals surface area contributed by atoms with Gasteiger partial charge in [-0.25, -0.2) is 0 Å². The van der Waals surface area contributed by atoms with Gasteiger partial charge in [-0.3, -0.25) is 0 Å². The summed E-state index contributed by atoms with van der Waals surface area (Å²) in [7, 11) is 0. The highest BCUT2D eigenvalue weighted by atomic mass is 32.2. The Kier molecular flexibility index (Phi) is 9.17. The zero-order chi connectivity index (χ0) is 7.66. The number of hydrogen-bond acceptors (Lipinski definition) is 1. The summed E-state index contributed by atoms with van der Waals surface area (Å²) in [5.74, 6) is 0. The second-order valence-corrected chi connectivity index (χ2v) is 3.20. The van der Waals surface area contributed by atoms with Gasteiger partial charge in [0.25, 0.3) is 0 Å². The van der Waals surface area contributed by atoms with E-state index >= 15 is 0 Å². The van der Waals surface area contributed by atoms with Crippen molar-refractivity contribution in [2.75, 3.05) is 6.26 Å². The SMILES string of the molecule is CCCCCC/C=C/SC. The van der Waals surface area contributed by atoms with Crippen LogP contribution in [0.3, 0.4) is 0 Å². The summed E-state index contributed by atoms with van der Waals surface area (Å²) in [6, 6.07) is 0. The second kappa shape index (κ2) is 9.09. The van der Waals surface area contributed by atoms with Gasteiger partial charge in [0.1, 0.15) is 0 Å². The fourth-order valence-corrected chi connectivity index (χ4v) is 1.18. The number of thioether (sulfide) groups is 1. The Bertz CT molecular complexity index is 76.8. The summed E-state index contributed by atoms with van der Waals surface area (Å²) in [5, 5.41) is 2.17. The van der Waals surface area contributed by atoms with Gasteiger partial charge in [0.15, 0.2) is 0 Å². The van der Waals surface area contributed by atoms with Gasteiger partial charge in [0, 0.05) is 0 Å². The molecular weight excluding hydrogens is 140 g/mol. The van der Waals surface area contributed by atoms with Crippen LogP contribution in [0.15, 0.2) is 11.5 Å². The molecular formula is C9H18S. The molecule has 10 heavy (non-hydrogen) atoms. The largest absolute Gasteiger partial charge is 0.138 e. The number of hydrogen-bond donors (Lipinski definition) is 0. The van der Waals surface area contributed by atoms with Crippen molar-refractivity contribution in [1.82, 2.24) is 0 Å². The van der Waals surface area contributed by atoms with Gasteiger partial charge in [0.05, 0.1) is 0 Å². The number of unbranched alkanes of at least 4 members (excludes halogenated alkanes) is 4. The maximum atomic E-state index is 2.26. The van der Waals surface area contributed by atoms with Gasteiger partial charge < -0.3 is 0 Å². The third-order valence-electron chi connectivity index (χ3n) is 1.46. The van der Waals surface area contributed by atoms with Crippen LogP contribution in [-0.2, 0) is 0 Å². The molecule has 0 amide bonds. The normalized spacial score (nSPS) is 11.0. The Morgan fingerprint density at radius 2 is 2.00 bits per heavy atom. The highest BCUT2D eigenvalue weighted by Crippen LogP contribution is 2.04. The summed E-state index contributed by atoms with van der Waals surface area (Å²) >= 11 is 1.78. The smallest absolute Gasteiger partial charge is 0.0142 e. The molecule has 0 aromatic rings. The lowest BCUT2D eigenvalue weighted by atomic mass is 10.2. The van der Waals surface area contributed by atoms with E-state index in [1.54, 1.807) is 11.8 Å². The molecule has 0 aliphatic rings. The zero-order valence-electron chi connectivity index (χ0n) is 7.10. The molecule has 0 bridgehead atoms. The van der Waals surface area contributed by atoms with E-state index in [2.05, 4.69) is 24.7 Å². The zero-order valence-corrected chi connectivity index (χ0v) is 7.91. The molecule has 1 heteroatoms. The minimum absolute atomic E-state index is 1.26. The van der Waals surface area contributed by atoms with Crippen molar-refractivity contribution in [1.29, 1.82) is 0 Å². The third-order valence-corrected chi connectivity index (χ3v) is 1.92. The van der Waals surface area contributed by atoms with E-state index in [0.29, 0.717) is 0 Å². The van der Waals surface area contributed by atoms with Crippen LogP contribution in [0.1, 0.15) is 39.0 Å². The van der Waals surface area contributed by atoms with E-state index < -0.39 is 0 Å². The Morgan fingerprint density at radius 1 is 1.20 bits per heavy atom. The molecule has 0 saturated carbocycles.